The molecule has 0 fully saturated rings. The predicted molar refractivity (Wildman–Crippen MR) is 57.7 cm³/mol. The Labute approximate surface area is 120 Å². The number of alkyl halides is 10. The van der Waals surface area contributed by atoms with Gasteiger partial charge in [-0.15, -0.1) is 0 Å². The summed E-state index contributed by atoms with van der Waals surface area (Å²) in [7, 11) is -2.20. The van der Waals surface area contributed by atoms with Gasteiger partial charge in [-0.1, -0.05) is 0 Å². The number of rotatable bonds is 5. The Kier molecular flexibility index (Phi) is 5.58. The molecule has 0 N–H and O–H groups in total. The van der Waals surface area contributed by atoms with Crippen molar-refractivity contribution in [1.82, 2.24) is 0 Å². The quantitative estimate of drug-likeness (QED) is 0.314. The zero-order valence-electron chi connectivity index (χ0n) is 9.60. The zero-order chi connectivity index (χ0) is 16.7. The summed E-state index contributed by atoms with van der Waals surface area (Å²) in [4.78, 5) is -2.41. The van der Waals surface area contributed by atoms with Crippen LogP contribution >= 0.6 is 23.2 Å². The van der Waals surface area contributed by atoms with Crippen LogP contribution in [0.5, 0.6) is 0 Å². The van der Waals surface area contributed by atoms with Gasteiger partial charge in [-0.2, -0.15) is 35.1 Å². The van der Waals surface area contributed by atoms with E-state index in [9.17, 15) is 40.2 Å². The molecule has 0 aliphatic carbocycles. The topological polar surface area (TPSA) is 23.1 Å². The van der Waals surface area contributed by atoms with E-state index in [-0.39, 0.29) is 0 Å². The first-order valence-corrected chi connectivity index (χ1v) is 7.16. The van der Waals surface area contributed by atoms with Gasteiger partial charge in [0.15, 0.2) is 0 Å². The molecule has 0 aromatic heterocycles. The molecule has 0 radical (unpaired) electrons. The van der Waals surface area contributed by atoms with Crippen molar-refractivity contribution in [2.75, 3.05) is 12.5 Å². The molecule has 0 saturated heterocycles. The van der Waals surface area contributed by atoms with Crippen LogP contribution in [-0.2, 0) is 10.9 Å². The largest absolute Gasteiger partial charge is 0.868 e. The number of hydrogen-bond donors (Lipinski definition) is 0. The average Bonchev–Trinajstić information content (AvgIpc) is 2.12. The standard InChI is InChI=1S/C8H6Cl2F8OS/c1-20(2)4(6(13,14)8(10,17)18)3(19)5(11,12)7(9,15)16/h1-2H3/b4-3+. The Balaban J connectivity index is 6.27. The summed E-state index contributed by atoms with van der Waals surface area (Å²) < 4.78 is 102. The van der Waals surface area contributed by atoms with Gasteiger partial charge in [-0.05, 0) is 23.2 Å². The van der Waals surface area contributed by atoms with Crippen molar-refractivity contribution < 1.29 is 40.2 Å². The van der Waals surface area contributed by atoms with Crippen LogP contribution < -0.4 is 5.11 Å². The molecule has 0 unspecified atom stereocenters. The van der Waals surface area contributed by atoms with Gasteiger partial charge >= 0.3 is 22.6 Å². The van der Waals surface area contributed by atoms with Crippen molar-refractivity contribution in [1.29, 1.82) is 0 Å². The summed E-state index contributed by atoms with van der Waals surface area (Å²) >= 11 is 8.01. The highest BCUT2D eigenvalue weighted by Crippen LogP contribution is 2.49. The van der Waals surface area contributed by atoms with Gasteiger partial charge in [0.05, 0.1) is 0 Å². The van der Waals surface area contributed by atoms with Gasteiger partial charge < -0.3 is 5.11 Å². The second-order valence-corrected chi connectivity index (χ2v) is 6.61. The van der Waals surface area contributed by atoms with Crippen LogP contribution in [0.25, 0.3) is 0 Å². The second kappa shape index (κ2) is 5.60. The number of allylic oxidation sites excluding steroid dienone is 2. The van der Waals surface area contributed by atoms with Crippen molar-refractivity contribution in [3.8, 4) is 0 Å². The molecule has 0 bridgehead atoms. The highest BCUT2D eigenvalue weighted by Gasteiger charge is 2.66. The van der Waals surface area contributed by atoms with E-state index in [1.165, 1.54) is 0 Å². The van der Waals surface area contributed by atoms with Crippen LogP contribution in [0.4, 0.5) is 35.1 Å². The van der Waals surface area contributed by atoms with Gasteiger partial charge in [-0.3, -0.25) is 0 Å². The maximum absolute atomic E-state index is 13.3. The van der Waals surface area contributed by atoms with Crippen molar-refractivity contribution in [3.05, 3.63) is 10.7 Å². The Morgan fingerprint density at radius 3 is 1.30 bits per heavy atom. The van der Waals surface area contributed by atoms with E-state index in [2.05, 4.69) is 23.2 Å². The van der Waals surface area contributed by atoms with Crippen LogP contribution in [-0.4, -0.2) is 35.1 Å². The van der Waals surface area contributed by atoms with Crippen molar-refractivity contribution in [2.45, 2.75) is 22.6 Å². The molecule has 120 valence electrons. The first-order valence-electron chi connectivity index (χ1n) is 4.36. The lowest BCUT2D eigenvalue weighted by atomic mass is 10.2. The summed E-state index contributed by atoms with van der Waals surface area (Å²) in [5.41, 5.74) is 0. The molecule has 1 nitrogen and oxygen atoms in total. The van der Waals surface area contributed by atoms with E-state index in [4.69, 9.17) is 0 Å². The summed E-state index contributed by atoms with van der Waals surface area (Å²) in [5.74, 6) is -14.5. The fourth-order valence-corrected chi connectivity index (χ4v) is 2.36. The molecule has 0 atom stereocenters. The van der Waals surface area contributed by atoms with E-state index >= 15 is 0 Å². The van der Waals surface area contributed by atoms with Crippen molar-refractivity contribution in [3.63, 3.8) is 0 Å². The van der Waals surface area contributed by atoms with Gasteiger partial charge in [0, 0.05) is 16.7 Å². The summed E-state index contributed by atoms with van der Waals surface area (Å²) in [6.07, 6.45) is 1.37. The molecule has 0 aliphatic heterocycles. The highest BCUT2D eigenvalue weighted by molar-refractivity contribution is 7.99. The predicted octanol–water partition coefficient (Wildman–Crippen LogP) is 3.37. The fourth-order valence-electron chi connectivity index (χ4n) is 0.984. The minimum absolute atomic E-state index is 0.687. The second-order valence-electron chi connectivity index (χ2n) is 3.62. The van der Waals surface area contributed by atoms with Crippen LogP contribution in [0.15, 0.2) is 10.7 Å². The molecular weight excluding hydrogens is 367 g/mol. The lowest BCUT2D eigenvalue weighted by Gasteiger charge is -2.31. The Morgan fingerprint density at radius 2 is 1.10 bits per heavy atom. The maximum atomic E-state index is 13.3. The molecular formula is C8H6Cl2F8OS. The third-order valence-electron chi connectivity index (χ3n) is 1.90. The van der Waals surface area contributed by atoms with Crippen LogP contribution in [0, 0.1) is 0 Å². The summed E-state index contributed by atoms with van der Waals surface area (Å²) in [5, 5.41) is 0.199. The SMILES string of the molecule is C[S+](C)/C(=C(/[O-])C(F)(F)C(F)(F)Cl)C(F)(F)C(F)(F)Cl. The van der Waals surface area contributed by atoms with Crippen LogP contribution in [0.1, 0.15) is 0 Å². The molecule has 12 heteroatoms. The van der Waals surface area contributed by atoms with Gasteiger partial charge in [0.25, 0.3) is 0 Å². The molecule has 0 aromatic carbocycles. The van der Waals surface area contributed by atoms with E-state index in [1.54, 1.807) is 0 Å². The lowest BCUT2D eigenvalue weighted by Crippen LogP contribution is -2.48. The van der Waals surface area contributed by atoms with Crippen LogP contribution in [0.2, 0.25) is 0 Å². The van der Waals surface area contributed by atoms with Gasteiger partial charge in [-0.25, -0.2) is 0 Å². The lowest BCUT2D eigenvalue weighted by molar-refractivity contribution is -0.359. The van der Waals surface area contributed by atoms with Crippen molar-refractivity contribution in [2.24, 2.45) is 0 Å². The summed E-state index contributed by atoms with van der Waals surface area (Å²) in [6.45, 7) is 0. The van der Waals surface area contributed by atoms with E-state index in [1.807, 2.05) is 0 Å². The highest BCUT2D eigenvalue weighted by atomic mass is 35.5. The molecule has 0 aromatic rings. The number of hydrogen-bond acceptors (Lipinski definition) is 1. The third kappa shape index (κ3) is 3.56. The van der Waals surface area contributed by atoms with Crippen molar-refractivity contribution >= 4 is 34.1 Å². The average molecular weight is 373 g/mol. The minimum Gasteiger partial charge on any atom is -0.868 e. The minimum atomic E-state index is -5.78. The van der Waals surface area contributed by atoms with Gasteiger partial charge in [0.2, 0.25) is 4.91 Å². The van der Waals surface area contributed by atoms with E-state index in [0.29, 0.717) is 12.5 Å². The first kappa shape index (κ1) is 19.9. The van der Waals surface area contributed by atoms with E-state index < -0.39 is 44.2 Å². The molecule has 0 amide bonds. The first-order chi connectivity index (χ1) is 8.48. The van der Waals surface area contributed by atoms with Crippen LogP contribution in [0.3, 0.4) is 0 Å². The maximum Gasteiger partial charge on any atom is 0.393 e. The fraction of sp³-hybridized carbons (Fsp3) is 0.750. The smallest absolute Gasteiger partial charge is 0.393 e. The molecule has 0 heterocycles. The molecule has 0 saturated carbocycles. The number of halogens is 10. The zero-order valence-corrected chi connectivity index (χ0v) is 11.9. The molecule has 0 aliphatic rings. The molecule has 0 spiro atoms. The van der Waals surface area contributed by atoms with Gasteiger partial charge in [0.1, 0.15) is 12.5 Å². The Bertz CT molecular complexity index is 398. The third-order valence-corrected chi connectivity index (χ3v) is 3.63. The molecule has 20 heavy (non-hydrogen) atoms. The Morgan fingerprint density at radius 1 is 0.800 bits per heavy atom. The Hall–Kier alpha value is -0.0900. The van der Waals surface area contributed by atoms with E-state index in [0.717, 1.165) is 0 Å². The monoisotopic (exact) mass is 372 g/mol. The molecule has 0 rings (SSSR count). The normalized spacial score (nSPS) is 16.4. The summed E-state index contributed by atoms with van der Waals surface area (Å²) in [6, 6.07) is 0.